The molecule has 0 spiro atoms. The Kier molecular flexibility index (Phi) is 5.04. The summed E-state index contributed by atoms with van der Waals surface area (Å²) in [7, 11) is 0. The Bertz CT molecular complexity index is 613. The third kappa shape index (κ3) is 3.46. The smallest absolute Gasteiger partial charge is 0.300 e. The van der Waals surface area contributed by atoms with E-state index >= 15 is 0 Å². The number of nitro benzene ring substituents is 1. The third-order valence-corrected chi connectivity index (χ3v) is 3.32. The van der Waals surface area contributed by atoms with Crippen molar-refractivity contribution < 1.29 is 9.55 Å². The summed E-state index contributed by atoms with van der Waals surface area (Å²) in [6.45, 7) is 7.95. The van der Waals surface area contributed by atoms with Gasteiger partial charge >= 0.3 is 5.69 Å². The molecular formula is C13H19N5O3. The van der Waals surface area contributed by atoms with Gasteiger partial charge in [-0.25, -0.2) is 4.63 Å². The summed E-state index contributed by atoms with van der Waals surface area (Å²) >= 11 is 0. The molecule has 0 saturated carbocycles. The fraction of sp³-hybridized carbons (Fsp3) is 0.538. The van der Waals surface area contributed by atoms with Crippen molar-refractivity contribution in [3.63, 3.8) is 0 Å². The van der Waals surface area contributed by atoms with Gasteiger partial charge < -0.3 is 10.2 Å². The van der Waals surface area contributed by atoms with E-state index in [2.05, 4.69) is 39.0 Å². The van der Waals surface area contributed by atoms with E-state index < -0.39 is 4.92 Å². The number of hydrogen-bond acceptors (Lipinski definition) is 7. The number of fused-ring (bicyclic) bond motifs is 1. The molecule has 1 aromatic heterocycles. The monoisotopic (exact) mass is 293 g/mol. The van der Waals surface area contributed by atoms with Gasteiger partial charge in [0.05, 0.1) is 10.6 Å². The maximum absolute atomic E-state index is 10.9. The van der Waals surface area contributed by atoms with Crippen molar-refractivity contribution >= 4 is 22.4 Å². The minimum Gasteiger partial charge on any atom is -0.382 e. The quantitative estimate of drug-likeness (QED) is 0.589. The molecule has 8 heteroatoms. The van der Waals surface area contributed by atoms with Crippen LogP contribution in [0.2, 0.25) is 0 Å². The average Bonchev–Trinajstić information content (AvgIpc) is 2.95. The predicted molar refractivity (Wildman–Crippen MR) is 79.4 cm³/mol. The van der Waals surface area contributed by atoms with Gasteiger partial charge in [0.2, 0.25) is 5.52 Å². The molecule has 0 fully saturated rings. The normalized spacial score (nSPS) is 11.2. The van der Waals surface area contributed by atoms with Crippen LogP contribution in [0.1, 0.15) is 20.3 Å². The lowest BCUT2D eigenvalue weighted by molar-refractivity contribution is -0.383. The number of aromatic nitrogens is 2. The Balaban J connectivity index is 2.08. The highest BCUT2D eigenvalue weighted by Crippen LogP contribution is 2.28. The van der Waals surface area contributed by atoms with Gasteiger partial charge in [0.25, 0.3) is 0 Å². The molecule has 0 aliphatic heterocycles. The highest BCUT2D eigenvalue weighted by atomic mass is 16.6. The number of benzene rings is 1. The zero-order chi connectivity index (χ0) is 15.2. The second kappa shape index (κ2) is 6.98. The van der Waals surface area contributed by atoms with E-state index in [-0.39, 0.29) is 11.2 Å². The lowest BCUT2D eigenvalue weighted by atomic mass is 10.2. The fourth-order valence-corrected chi connectivity index (χ4v) is 2.24. The van der Waals surface area contributed by atoms with Gasteiger partial charge in [-0.15, -0.1) is 0 Å². The number of rotatable bonds is 8. The molecule has 2 aromatic rings. The Labute approximate surface area is 122 Å². The fourth-order valence-electron chi connectivity index (χ4n) is 2.24. The van der Waals surface area contributed by atoms with Gasteiger partial charge in [-0.2, -0.15) is 0 Å². The highest BCUT2D eigenvalue weighted by molar-refractivity contribution is 5.93. The van der Waals surface area contributed by atoms with E-state index in [0.29, 0.717) is 11.2 Å². The summed E-state index contributed by atoms with van der Waals surface area (Å²) < 4.78 is 4.63. The van der Waals surface area contributed by atoms with Crippen LogP contribution in [0.3, 0.4) is 0 Å². The largest absolute Gasteiger partial charge is 0.382 e. The van der Waals surface area contributed by atoms with Crippen LogP contribution in [-0.4, -0.2) is 46.3 Å². The molecule has 0 aliphatic carbocycles. The molecule has 0 atom stereocenters. The van der Waals surface area contributed by atoms with Crippen molar-refractivity contribution in [1.29, 1.82) is 0 Å². The van der Waals surface area contributed by atoms with Crippen LogP contribution >= 0.6 is 0 Å². The molecule has 8 nitrogen and oxygen atoms in total. The molecule has 2 rings (SSSR count). The van der Waals surface area contributed by atoms with Crippen LogP contribution in [-0.2, 0) is 0 Å². The second-order valence-electron chi connectivity index (χ2n) is 4.71. The number of nitrogens with zero attached hydrogens (tertiary/aromatic N) is 4. The summed E-state index contributed by atoms with van der Waals surface area (Å²) in [5.74, 6) is 0. The Morgan fingerprint density at radius 1 is 1.29 bits per heavy atom. The minimum atomic E-state index is -0.490. The minimum absolute atomic E-state index is 0.0991. The molecule has 0 aliphatic rings. The first kappa shape index (κ1) is 15.2. The SMILES string of the molecule is CCCN(CC)CCNc1ccc([N+](=O)[O-])c2nonc12. The third-order valence-electron chi connectivity index (χ3n) is 3.32. The average molecular weight is 293 g/mol. The molecule has 0 bridgehead atoms. The number of hydrogen-bond donors (Lipinski definition) is 1. The highest BCUT2D eigenvalue weighted by Gasteiger charge is 2.19. The standard InChI is InChI=1S/C13H19N5O3/c1-3-8-17(4-2)9-7-14-10-5-6-11(18(19)20)13-12(10)15-21-16-13/h5-6,14H,3-4,7-9H2,1-2H3. The number of nitrogens with one attached hydrogen (secondary N) is 1. The second-order valence-corrected chi connectivity index (χ2v) is 4.71. The zero-order valence-electron chi connectivity index (χ0n) is 12.2. The lowest BCUT2D eigenvalue weighted by Gasteiger charge is -2.19. The molecule has 0 amide bonds. The molecule has 1 N–H and O–H groups in total. The molecular weight excluding hydrogens is 274 g/mol. The Morgan fingerprint density at radius 2 is 2.05 bits per heavy atom. The summed E-state index contributed by atoms with van der Waals surface area (Å²) in [5.41, 5.74) is 1.16. The first-order valence-corrected chi connectivity index (χ1v) is 7.03. The zero-order valence-corrected chi connectivity index (χ0v) is 12.2. The van der Waals surface area contributed by atoms with Gasteiger partial charge in [0.15, 0.2) is 5.52 Å². The molecule has 1 heterocycles. The Hall–Kier alpha value is -2.22. The van der Waals surface area contributed by atoms with Gasteiger partial charge in [-0.05, 0) is 35.9 Å². The van der Waals surface area contributed by atoms with E-state index in [0.717, 1.165) is 32.6 Å². The van der Waals surface area contributed by atoms with Crippen molar-refractivity contribution in [3.05, 3.63) is 22.2 Å². The van der Waals surface area contributed by atoms with Crippen molar-refractivity contribution in [2.45, 2.75) is 20.3 Å². The van der Waals surface area contributed by atoms with Gasteiger partial charge in [0.1, 0.15) is 0 Å². The first-order valence-electron chi connectivity index (χ1n) is 7.03. The molecule has 21 heavy (non-hydrogen) atoms. The van der Waals surface area contributed by atoms with E-state index in [1.165, 1.54) is 6.07 Å². The van der Waals surface area contributed by atoms with Crippen molar-refractivity contribution in [3.8, 4) is 0 Å². The molecule has 114 valence electrons. The lowest BCUT2D eigenvalue weighted by Crippen LogP contribution is -2.29. The van der Waals surface area contributed by atoms with Gasteiger partial charge in [0, 0.05) is 19.2 Å². The van der Waals surface area contributed by atoms with Gasteiger partial charge in [-0.3, -0.25) is 10.1 Å². The van der Waals surface area contributed by atoms with Crippen LogP contribution < -0.4 is 5.32 Å². The van der Waals surface area contributed by atoms with Crippen LogP contribution in [0.25, 0.3) is 11.0 Å². The predicted octanol–water partition coefficient (Wildman–Crippen LogP) is 2.27. The van der Waals surface area contributed by atoms with Crippen LogP contribution in [0, 0.1) is 10.1 Å². The number of anilines is 1. The van der Waals surface area contributed by atoms with Crippen molar-refractivity contribution in [2.24, 2.45) is 0 Å². The van der Waals surface area contributed by atoms with Gasteiger partial charge in [-0.1, -0.05) is 13.8 Å². The Morgan fingerprint density at radius 3 is 2.71 bits per heavy atom. The van der Waals surface area contributed by atoms with E-state index in [4.69, 9.17) is 0 Å². The topological polar surface area (TPSA) is 97.3 Å². The van der Waals surface area contributed by atoms with Crippen LogP contribution in [0.5, 0.6) is 0 Å². The summed E-state index contributed by atoms with van der Waals surface area (Å²) in [6.07, 6.45) is 1.11. The first-order chi connectivity index (χ1) is 10.2. The van der Waals surface area contributed by atoms with Crippen LogP contribution in [0.4, 0.5) is 11.4 Å². The van der Waals surface area contributed by atoms with Crippen molar-refractivity contribution in [2.75, 3.05) is 31.5 Å². The van der Waals surface area contributed by atoms with Crippen LogP contribution in [0.15, 0.2) is 16.8 Å². The maximum atomic E-state index is 10.9. The molecule has 0 unspecified atom stereocenters. The number of nitro groups is 1. The summed E-state index contributed by atoms with van der Waals surface area (Å²) in [6, 6.07) is 3.05. The number of likely N-dealkylation sites (N-methyl/N-ethyl adjacent to an activating group) is 1. The number of non-ortho nitro benzene ring substituents is 1. The maximum Gasteiger partial charge on any atom is 0.300 e. The summed E-state index contributed by atoms with van der Waals surface area (Å²) in [5, 5.41) is 21.5. The van der Waals surface area contributed by atoms with Crippen molar-refractivity contribution in [1.82, 2.24) is 15.2 Å². The van der Waals surface area contributed by atoms with E-state index in [1.54, 1.807) is 6.07 Å². The molecule has 0 radical (unpaired) electrons. The molecule has 0 saturated heterocycles. The van der Waals surface area contributed by atoms with E-state index in [1.807, 2.05) is 0 Å². The van der Waals surface area contributed by atoms with E-state index in [9.17, 15) is 10.1 Å². The molecule has 1 aromatic carbocycles. The summed E-state index contributed by atoms with van der Waals surface area (Å²) in [4.78, 5) is 12.7.